The van der Waals surface area contributed by atoms with Crippen LogP contribution in [0.3, 0.4) is 0 Å². The van der Waals surface area contributed by atoms with Crippen LogP contribution < -0.4 is 11.1 Å². The summed E-state index contributed by atoms with van der Waals surface area (Å²) in [6.45, 7) is 4.36. The van der Waals surface area contributed by atoms with Gasteiger partial charge in [0.15, 0.2) is 0 Å². The summed E-state index contributed by atoms with van der Waals surface area (Å²) in [5, 5.41) is 4.18. The van der Waals surface area contributed by atoms with Crippen LogP contribution in [0.15, 0.2) is 37.2 Å². The maximum Gasteiger partial charge on any atom is 0.147 e. The number of hydrogen-bond donors (Lipinski definition) is 2. The molecule has 0 bridgehead atoms. The predicted molar refractivity (Wildman–Crippen MR) is 68.4 cm³/mol. The van der Waals surface area contributed by atoms with Crippen molar-refractivity contribution in [3.05, 3.63) is 37.2 Å². The van der Waals surface area contributed by atoms with Crippen LogP contribution in [0, 0.1) is 0 Å². The summed E-state index contributed by atoms with van der Waals surface area (Å²) < 4.78 is 4.15. The van der Waals surface area contributed by atoms with E-state index in [-0.39, 0.29) is 0 Å². The Morgan fingerprint density at radius 1 is 1.44 bits per heavy atom. The van der Waals surface area contributed by atoms with Crippen LogP contribution in [0.1, 0.15) is 0 Å². The van der Waals surface area contributed by atoms with E-state index in [0.29, 0.717) is 12.4 Å². The third-order valence-corrected chi connectivity index (χ3v) is 2.91. The van der Waals surface area contributed by atoms with Crippen LogP contribution in [0.5, 0.6) is 0 Å². The van der Waals surface area contributed by atoms with Crippen molar-refractivity contribution in [1.29, 1.82) is 0 Å². The van der Waals surface area contributed by atoms with Gasteiger partial charge in [-0.3, -0.25) is 4.98 Å². The number of nitrogens with one attached hydrogen (secondary N) is 1. The molecule has 0 radical (unpaired) electrons. The van der Waals surface area contributed by atoms with Crippen molar-refractivity contribution in [3.63, 3.8) is 0 Å². The molecule has 16 heavy (non-hydrogen) atoms. The van der Waals surface area contributed by atoms with Crippen LogP contribution in [0.2, 0.25) is 0 Å². The number of hydrogen-bond acceptors (Lipinski definition) is 5. The molecular weight excluding hydrogens is 220 g/mol. The van der Waals surface area contributed by atoms with Gasteiger partial charge in [-0.1, -0.05) is 6.08 Å². The van der Waals surface area contributed by atoms with Gasteiger partial charge in [0.2, 0.25) is 0 Å². The first-order chi connectivity index (χ1) is 7.83. The number of aromatic nitrogens is 2. The van der Waals surface area contributed by atoms with E-state index in [1.165, 1.54) is 11.5 Å². The van der Waals surface area contributed by atoms with Crippen LogP contribution in [-0.4, -0.2) is 15.9 Å². The van der Waals surface area contributed by atoms with Crippen molar-refractivity contribution in [3.8, 4) is 11.1 Å². The molecule has 4 nitrogen and oxygen atoms in total. The van der Waals surface area contributed by atoms with Crippen LogP contribution >= 0.6 is 11.5 Å². The first kappa shape index (κ1) is 10.6. The monoisotopic (exact) mass is 232 g/mol. The van der Waals surface area contributed by atoms with Crippen molar-refractivity contribution >= 4 is 22.4 Å². The normalized spacial score (nSPS) is 10.0. The van der Waals surface area contributed by atoms with Gasteiger partial charge in [0, 0.05) is 18.9 Å². The van der Waals surface area contributed by atoms with E-state index in [9.17, 15) is 0 Å². The molecule has 0 fully saturated rings. The van der Waals surface area contributed by atoms with Gasteiger partial charge in [-0.2, -0.15) is 4.37 Å². The highest BCUT2D eigenvalue weighted by Gasteiger charge is 2.12. The van der Waals surface area contributed by atoms with Gasteiger partial charge in [-0.15, -0.1) is 6.58 Å². The number of nitrogens with zero attached hydrogens (tertiary/aromatic N) is 2. The van der Waals surface area contributed by atoms with Crippen LogP contribution in [-0.2, 0) is 0 Å². The maximum atomic E-state index is 5.86. The van der Waals surface area contributed by atoms with Gasteiger partial charge in [-0.05, 0) is 29.2 Å². The molecule has 2 aromatic heterocycles. The summed E-state index contributed by atoms with van der Waals surface area (Å²) in [7, 11) is 0. The quantitative estimate of drug-likeness (QED) is 0.794. The molecule has 0 aliphatic carbocycles. The lowest BCUT2D eigenvalue weighted by Gasteiger charge is -2.04. The van der Waals surface area contributed by atoms with Gasteiger partial charge in [0.25, 0.3) is 0 Å². The Kier molecular flexibility index (Phi) is 3.16. The van der Waals surface area contributed by atoms with Crippen molar-refractivity contribution in [1.82, 2.24) is 9.36 Å². The van der Waals surface area contributed by atoms with E-state index in [2.05, 4.69) is 21.3 Å². The SMILES string of the molecule is C=CCNc1snc(N)c1-c1ccncc1. The minimum absolute atomic E-state index is 0.544. The number of anilines is 2. The smallest absolute Gasteiger partial charge is 0.147 e. The van der Waals surface area contributed by atoms with E-state index in [4.69, 9.17) is 5.73 Å². The third-order valence-electron chi connectivity index (χ3n) is 2.09. The molecule has 0 unspecified atom stereocenters. The standard InChI is InChI=1S/C11H12N4S/c1-2-5-14-11-9(10(12)15-16-11)8-3-6-13-7-4-8/h2-4,6-7,14H,1,5H2,(H2,12,15). The Balaban J connectivity index is 2.39. The molecule has 0 aliphatic heterocycles. The number of rotatable bonds is 4. The third kappa shape index (κ3) is 2.04. The number of nitrogen functional groups attached to an aromatic ring is 1. The average molecular weight is 232 g/mol. The van der Waals surface area contributed by atoms with Gasteiger partial charge < -0.3 is 11.1 Å². The summed E-state index contributed by atoms with van der Waals surface area (Å²) >= 11 is 1.36. The second-order valence-corrected chi connectivity index (χ2v) is 3.95. The van der Waals surface area contributed by atoms with Crippen molar-refractivity contribution < 1.29 is 0 Å². The summed E-state index contributed by atoms with van der Waals surface area (Å²) in [6, 6.07) is 3.83. The van der Waals surface area contributed by atoms with E-state index in [1.807, 2.05) is 12.1 Å². The molecule has 82 valence electrons. The minimum Gasteiger partial charge on any atom is -0.382 e. The predicted octanol–water partition coefficient (Wildman–Crippen LogP) is 2.39. The molecule has 0 aliphatic rings. The molecule has 0 saturated carbocycles. The zero-order chi connectivity index (χ0) is 11.4. The Labute approximate surface area is 98.0 Å². The second kappa shape index (κ2) is 4.76. The highest BCUT2D eigenvalue weighted by atomic mass is 32.1. The first-order valence-electron chi connectivity index (χ1n) is 4.83. The van der Waals surface area contributed by atoms with Gasteiger partial charge in [0.05, 0.1) is 5.56 Å². The Morgan fingerprint density at radius 3 is 2.88 bits per heavy atom. The van der Waals surface area contributed by atoms with Crippen molar-refractivity contribution in [2.45, 2.75) is 0 Å². The van der Waals surface area contributed by atoms with Gasteiger partial charge >= 0.3 is 0 Å². The molecule has 2 heterocycles. The summed E-state index contributed by atoms with van der Waals surface area (Å²) in [6.07, 6.45) is 5.28. The minimum atomic E-state index is 0.544. The van der Waals surface area contributed by atoms with Crippen LogP contribution in [0.4, 0.5) is 10.8 Å². The summed E-state index contributed by atoms with van der Waals surface area (Å²) in [5.41, 5.74) is 7.82. The van der Waals surface area contributed by atoms with E-state index in [1.54, 1.807) is 18.5 Å². The molecule has 0 amide bonds. The number of nitrogens with two attached hydrogens (primary N) is 1. The lowest BCUT2D eigenvalue weighted by molar-refractivity contribution is 1.33. The lowest BCUT2D eigenvalue weighted by atomic mass is 10.1. The average Bonchev–Trinajstić information content (AvgIpc) is 2.69. The summed E-state index contributed by atoms with van der Waals surface area (Å²) in [5.74, 6) is 0.544. The Morgan fingerprint density at radius 2 is 2.19 bits per heavy atom. The fraction of sp³-hybridized carbons (Fsp3) is 0.0909. The largest absolute Gasteiger partial charge is 0.382 e. The van der Waals surface area contributed by atoms with E-state index < -0.39 is 0 Å². The topological polar surface area (TPSA) is 63.8 Å². The highest BCUT2D eigenvalue weighted by Crippen LogP contribution is 2.36. The molecule has 2 aromatic rings. The molecule has 0 atom stereocenters. The Hall–Kier alpha value is -1.88. The van der Waals surface area contributed by atoms with Crippen molar-refractivity contribution in [2.75, 3.05) is 17.6 Å². The fourth-order valence-corrected chi connectivity index (χ4v) is 2.13. The zero-order valence-corrected chi connectivity index (χ0v) is 9.50. The molecule has 5 heteroatoms. The van der Waals surface area contributed by atoms with E-state index in [0.717, 1.165) is 16.1 Å². The molecule has 0 saturated heterocycles. The Bertz CT molecular complexity index is 478. The second-order valence-electron chi connectivity index (χ2n) is 3.18. The van der Waals surface area contributed by atoms with E-state index >= 15 is 0 Å². The maximum absolute atomic E-state index is 5.86. The zero-order valence-electron chi connectivity index (χ0n) is 8.68. The van der Waals surface area contributed by atoms with Gasteiger partial charge in [-0.25, -0.2) is 0 Å². The molecule has 0 aromatic carbocycles. The van der Waals surface area contributed by atoms with Crippen molar-refractivity contribution in [2.24, 2.45) is 0 Å². The fourth-order valence-electron chi connectivity index (χ4n) is 1.39. The highest BCUT2D eigenvalue weighted by molar-refractivity contribution is 7.11. The van der Waals surface area contributed by atoms with Crippen LogP contribution in [0.25, 0.3) is 11.1 Å². The first-order valence-corrected chi connectivity index (χ1v) is 5.60. The number of pyridine rings is 1. The molecular formula is C11H12N4S. The molecule has 0 spiro atoms. The van der Waals surface area contributed by atoms with Gasteiger partial charge in [0.1, 0.15) is 10.8 Å². The lowest BCUT2D eigenvalue weighted by Crippen LogP contribution is -1.97. The molecule has 2 rings (SSSR count). The summed E-state index contributed by atoms with van der Waals surface area (Å²) in [4.78, 5) is 3.98. The molecule has 3 N–H and O–H groups in total.